The van der Waals surface area contributed by atoms with E-state index in [1.807, 2.05) is 29.2 Å². The first-order valence-corrected chi connectivity index (χ1v) is 8.72. The van der Waals surface area contributed by atoms with E-state index in [2.05, 4.69) is 25.1 Å². The van der Waals surface area contributed by atoms with Crippen LogP contribution in [0.15, 0.2) is 52.4 Å². The van der Waals surface area contributed by atoms with Crippen molar-refractivity contribution in [1.82, 2.24) is 30.0 Å². The third-order valence-electron chi connectivity index (χ3n) is 4.55. The van der Waals surface area contributed by atoms with Crippen molar-refractivity contribution in [3.63, 3.8) is 0 Å². The molecule has 1 aliphatic heterocycles. The molecular weight excluding hydrogens is 362 g/mol. The second-order valence-corrected chi connectivity index (χ2v) is 6.28. The maximum absolute atomic E-state index is 12.5. The molecule has 10 nitrogen and oxygen atoms in total. The zero-order valence-corrected chi connectivity index (χ0v) is 14.8. The smallest absolute Gasteiger partial charge is 0.325 e. The number of aromatic nitrogens is 5. The number of piperazine rings is 1. The minimum absolute atomic E-state index is 0.0753. The number of pyridine rings is 1. The van der Waals surface area contributed by atoms with Crippen LogP contribution < -0.4 is 16.1 Å². The van der Waals surface area contributed by atoms with Gasteiger partial charge in [0.2, 0.25) is 0 Å². The van der Waals surface area contributed by atoms with Gasteiger partial charge in [0.15, 0.2) is 5.82 Å². The summed E-state index contributed by atoms with van der Waals surface area (Å²) in [6, 6.07) is 7.53. The van der Waals surface area contributed by atoms with Crippen LogP contribution >= 0.6 is 0 Å². The number of H-pyrrole nitrogens is 2. The van der Waals surface area contributed by atoms with Crippen LogP contribution in [-0.4, -0.2) is 62.1 Å². The third kappa shape index (κ3) is 3.52. The number of nitrogens with one attached hydrogen (secondary N) is 2. The van der Waals surface area contributed by atoms with Crippen LogP contribution in [0.2, 0.25) is 0 Å². The summed E-state index contributed by atoms with van der Waals surface area (Å²) in [4.78, 5) is 47.5. The van der Waals surface area contributed by atoms with Crippen LogP contribution in [0.4, 0.5) is 5.82 Å². The highest BCUT2D eigenvalue weighted by molar-refractivity contribution is 5.93. The molecule has 4 heterocycles. The largest absolute Gasteiger partial charge is 0.352 e. The average molecular weight is 379 g/mol. The van der Waals surface area contributed by atoms with Gasteiger partial charge in [-0.3, -0.25) is 19.6 Å². The van der Waals surface area contributed by atoms with Gasteiger partial charge in [-0.15, -0.1) is 10.2 Å². The number of amides is 1. The summed E-state index contributed by atoms with van der Waals surface area (Å²) >= 11 is 0. The van der Waals surface area contributed by atoms with Crippen molar-refractivity contribution < 1.29 is 4.79 Å². The molecule has 0 atom stereocenters. The molecule has 0 bridgehead atoms. The zero-order valence-electron chi connectivity index (χ0n) is 14.8. The monoisotopic (exact) mass is 379 g/mol. The number of rotatable bonds is 3. The third-order valence-corrected chi connectivity index (χ3v) is 4.55. The molecule has 10 heteroatoms. The predicted octanol–water partition coefficient (Wildman–Crippen LogP) is -0.122. The van der Waals surface area contributed by atoms with E-state index in [0.29, 0.717) is 26.2 Å². The number of aromatic amines is 2. The van der Waals surface area contributed by atoms with E-state index >= 15 is 0 Å². The van der Waals surface area contributed by atoms with Gasteiger partial charge < -0.3 is 14.8 Å². The molecule has 1 fully saturated rings. The fraction of sp³-hybridized carbons (Fsp3) is 0.222. The van der Waals surface area contributed by atoms with Crippen molar-refractivity contribution in [2.24, 2.45) is 0 Å². The van der Waals surface area contributed by atoms with Gasteiger partial charge >= 0.3 is 5.69 Å². The summed E-state index contributed by atoms with van der Waals surface area (Å²) in [6.45, 7) is 1.99. The Bertz CT molecular complexity index is 1080. The minimum Gasteiger partial charge on any atom is -0.352 e. The Morgan fingerprint density at radius 3 is 2.50 bits per heavy atom. The van der Waals surface area contributed by atoms with Crippen LogP contribution in [0.3, 0.4) is 0 Å². The summed E-state index contributed by atoms with van der Waals surface area (Å²) in [6.07, 6.45) is 4.58. The second-order valence-electron chi connectivity index (χ2n) is 6.28. The maximum Gasteiger partial charge on any atom is 0.325 e. The fourth-order valence-electron chi connectivity index (χ4n) is 3.04. The molecule has 1 aliphatic rings. The molecule has 0 aliphatic carbocycles. The van der Waals surface area contributed by atoms with E-state index in [0.717, 1.165) is 23.3 Å². The Kier molecular flexibility index (Phi) is 4.67. The van der Waals surface area contributed by atoms with E-state index < -0.39 is 17.2 Å². The summed E-state index contributed by atoms with van der Waals surface area (Å²) in [5.41, 5.74) is 0.229. The normalized spacial score (nSPS) is 14.1. The molecule has 0 unspecified atom stereocenters. The molecule has 142 valence electrons. The molecule has 4 rings (SSSR count). The lowest BCUT2D eigenvalue weighted by molar-refractivity contribution is 0.0744. The molecule has 0 radical (unpaired) electrons. The van der Waals surface area contributed by atoms with Crippen LogP contribution in [0, 0.1) is 0 Å². The van der Waals surface area contributed by atoms with E-state index in [4.69, 9.17) is 0 Å². The maximum atomic E-state index is 12.5. The first kappa shape index (κ1) is 17.6. The second kappa shape index (κ2) is 7.43. The van der Waals surface area contributed by atoms with Crippen molar-refractivity contribution >= 4 is 11.7 Å². The molecule has 0 aromatic carbocycles. The van der Waals surface area contributed by atoms with Crippen LogP contribution in [0.5, 0.6) is 0 Å². The van der Waals surface area contributed by atoms with Crippen LogP contribution in [0.25, 0.3) is 11.3 Å². The molecule has 1 amide bonds. The van der Waals surface area contributed by atoms with Crippen molar-refractivity contribution in [3.8, 4) is 11.3 Å². The molecule has 1 saturated heterocycles. The Hall–Kier alpha value is -3.82. The number of nitrogens with zero attached hydrogens (tertiary/aromatic N) is 5. The van der Waals surface area contributed by atoms with Gasteiger partial charge in [0, 0.05) is 50.3 Å². The lowest BCUT2D eigenvalue weighted by Gasteiger charge is -2.35. The molecular formula is C18H17N7O3. The van der Waals surface area contributed by atoms with Gasteiger partial charge in [-0.2, -0.15) is 0 Å². The minimum atomic E-state index is -0.687. The van der Waals surface area contributed by atoms with Crippen molar-refractivity contribution in [2.45, 2.75) is 0 Å². The Morgan fingerprint density at radius 2 is 1.86 bits per heavy atom. The summed E-state index contributed by atoms with van der Waals surface area (Å²) in [7, 11) is 0. The van der Waals surface area contributed by atoms with E-state index in [1.165, 1.54) is 0 Å². The Labute approximate surface area is 158 Å². The number of hydrogen-bond donors (Lipinski definition) is 2. The van der Waals surface area contributed by atoms with Crippen LogP contribution in [-0.2, 0) is 0 Å². The molecule has 3 aromatic heterocycles. The lowest BCUT2D eigenvalue weighted by Crippen LogP contribution is -2.50. The summed E-state index contributed by atoms with van der Waals surface area (Å²) in [5, 5.41) is 8.53. The summed E-state index contributed by atoms with van der Waals surface area (Å²) in [5.74, 6) is 0.316. The molecule has 3 aromatic rings. The van der Waals surface area contributed by atoms with Crippen LogP contribution in [0.1, 0.15) is 10.4 Å². The van der Waals surface area contributed by atoms with Gasteiger partial charge in [-0.25, -0.2) is 4.79 Å². The molecule has 28 heavy (non-hydrogen) atoms. The standard InChI is InChI=1S/C18H17N7O3/c26-16-13(11-20-18(28)21-16)17(27)25-8-6-24(7-9-25)15-4-3-14(22-23-15)12-2-1-5-19-10-12/h1-5,10-11H,6-9H2,(H2,20,21,26,28). The van der Waals surface area contributed by atoms with Gasteiger partial charge in [0.1, 0.15) is 5.56 Å². The van der Waals surface area contributed by atoms with E-state index in [-0.39, 0.29) is 5.56 Å². The molecule has 2 N–H and O–H groups in total. The van der Waals surface area contributed by atoms with E-state index in [9.17, 15) is 14.4 Å². The predicted molar refractivity (Wildman–Crippen MR) is 101 cm³/mol. The van der Waals surface area contributed by atoms with Gasteiger partial charge in [0.05, 0.1) is 5.69 Å². The van der Waals surface area contributed by atoms with Crippen molar-refractivity contribution in [2.75, 3.05) is 31.1 Å². The number of carbonyl (C=O) groups is 1. The number of anilines is 1. The average Bonchev–Trinajstić information content (AvgIpc) is 2.74. The first-order valence-electron chi connectivity index (χ1n) is 8.72. The van der Waals surface area contributed by atoms with Gasteiger partial charge in [-0.05, 0) is 24.3 Å². The fourth-order valence-corrected chi connectivity index (χ4v) is 3.04. The topological polar surface area (TPSA) is 128 Å². The first-order chi connectivity index (χ1) is 13.6. The SMILES string of the molecule is O=C(c1c[nH]c(=O)[nH]c1=O)N1CCN(c2ccc(-c3cccnc3)nn2)CC1. The Morgan fingerprint density at radius 1 is 1.04 bits per heavy atom. The van der Waals surface area contributed by atoms with Crippen molar-refractivity contribution in [1.29, 1.82) is 0 Å². The number of carbonyl (C=O) groups excluding carboxylic acids is 1. The Balaban J connectivity index is 1.42. The molecule has 0 saturated carbocycles. The zero-order chi connectivity index (χ0) is 19.5. The lowest BCUT2D eigenvalue weighted by atomic mass is 10.2. The highest BCUT2D eigenvalue weighted by Crippen LogP contribution is 2.18. The highest BCUT2D eigenvalue weighted by atomic mass is 16.2. The molecule has 0 spiro atoms. The van der Waals surface area contributed by atoms with Crippen molar-refractivity contribution in [3.05, 3.63) is 69.3 Å². The quantitative estimate of drug-likeness (QED) is 0.649. The number of hydrogen-bond acceptors (Lipinski definition) is 7. The van der Waals surface area contributed by atoms with Gasteiger partial charge in [-0.1, -0.05) is 0 Å². The summed E-state index contributed by atoms with van der Waals surface area (Å²) < 4.78 is 0. The van der Waals surface area contributed by atoms with Gasteiger partial charge in [0.25, 0.3) is 11.5 Å². The highest BCUT2D eigenvalue weighted by Gasteiger charge is 2.24. The van der Waals surface area contributed by atoms with E-state index in [1.54, 1.807) is 17.3 Å².